The summed E-state index contributed by atoms with van der Waals surface area (Å²) in [5, 5.41) is 15.7. The Morgan fingerprint density at radius 3 is 2.41 bits per heavy atom. The Kier molecular flexibility index (Phi) is 8.19. The molecule has 1 unspecified atom stereocenters. The van der Waals surface area contributed by atoms with Crippen molar-refractivity contribution in [2.24, 2.45) is 0 Å². The van der Waals surface area contributed by atoms with E-state index >= 15 is 0 Å². The van der Waals surface area contributed by atoms with E-state index in [1.54, 1.807) is 6.92 Å². The van der Waals surface area contributed by atoms with Gasteiger partial charge in [0.1, 0.15) is 30.0 Å². The highest BCUT2D eigenvalue weighted by Gasteiger charge is 2.40. The lowest BCUT2D eigenvalue weighted by Crippen LogP contribution is -2.32. The first-order valence-corrected chi connectivity index (χ1v) is 13.3. The van der Waals surface area contributed by atoms with Gasteiger partial charge >= 0.3 is 6.18 Å². The second kappa shape index (κ2) is 11.7. The van der Waals surface area contributed by atoms with Crippen molar-refractivity contribution in [3.63, 3.8) is 0 Å². The van der Waals surface area contributed by atoms with Crippen molar-refractivity contribution in [3.05, 3.63) is 82.4 Å². The van der Waals surface area contributed by atoms with Crippen LogP contribution in [-0.4, -0.2) is 36.3 Å². The largest absolute Gasteiger partial charge is 0.488 e. The summed E-state index contributed by atoms with van der Waals surface area (Å²) in [7, 11) is 0. The fraction of sp³-hybridized carbons (Fsp3) is 0.367. The van der Waals surface area contributed by atoms with Crippen molar-refractivity contribution in [3.8, 4) is 17.2 Å². The lowest BCUT2D eigenvalue weighted by atomic mass is 9.98. The second-order valence-corrected chi connectivity index (χ2v) is 10.5. The number of rotatable bonds is 11. The van der Waals surface area contributed by atoms with Gasteiger partial charge in [-0.1, -0.05) is 0 Å². The summed E-state index contributed by atoms with van der Waals surface area (Å²) >= 11 is 0. The maximum Gasteiger partial charge on any atom is 0.416 e. The molecular formula is C30H29F5N2O4. The zero-order chi connectivity index (χ0) is 29.3. The van der Waals surface area contributed by atoms with E-state index in [4.69, 9.17) is 9.47 Å². The van der Waals surface area contributed by atoms with Crippen molar-refractivity contribution in [1.82, 2.24) is 5.32 Å². The van der Waals surface area contributed by atoms with Crippen LogP contribution in [0.25, 0.3) is 0 Å². The van der Waals surface area contributed by atoms with E-state index in [1.165, 1.54) is 30.3 Å². The highest BCUT2D eigenvalue weighted by Crippen LogP contribution is 2.48. The number of anilines is 1. The van der Waals surface area contributed by atoms with Crippen LogP contribution in [0, 0.1) is 18.6 Å². The van der Waals surface area contributed by atoms with Crippen LogP contribution in [-0.2, 0) is 6.18 Å². The maximum absolute atomic E-state index is 14.4. The molecule has 6 nitrogen and oxygen atoms in total. The molecule has 0 bridgehead atoms. The zero-order valence-corrected chi connectivity index (χ0v) is 22.2. The standard InChI is InChI=1S/C30H29F5N2O4/c1-16-10-18(31)4-9-26(16)41-27-13-22(17-2-3-17)24(30(33,34)35)12-23(27)29(39)37-20-7-8-25(32)28(11-20)40-15-21(38)14-36-19-5-6-19/h4,7-13,17,19,21,36,38H,2-3,5-6,14-15H2,1H3,(H,37,39). The average molecular weight is 577 g/mol. The molecule has 0 radical (unpaired) electrons. The third-order valence-electron chi connectivity index (χ3n) is 6.92. The SMILES string of the molecule is Cc1cc(F)ccc1Oc1cc(C2CC2)c(C(F)(F)F)cc1C(=O)Nc1ccc(F)c(OCC(O)CNC2CC2)c1. The van der Waals surface area contributed by atoms with E-state index in [2.05, 4.69) is 10.6 Å². The molecule has 0 heterocycles. The predicted molar refractivity (Wildman–Crippen MR) is 142 cm³/mol. The zero-order valence-electron chi connectivity index (χ0n) is 22.2. The van der Waals surface area contributed by atoms with Crippen LogP contribution in [0.1, 0.15) is 58.6 Å². The lowest BCUT2D eigenvalue weighted by molar-refractivity contribution is -0.138. The number of aryl methyl sites for hydroxylation is 1. The Balaban J connectivity index is 1.41. The number of hydrogen-bond donors (Lipinski definition) is 3. The van der Waals surface area contributed by atoms with Gasteiger partial charge in [-0.25, -0.2) is 8.78 Å². The van der Waals surface area contributed by atoms with Gasteiger partial charge in [0, 0.05) is 24.3 Å². The number of halogens is 5. The van der Waals surface area contributed by atoms with Gasteiger partial charge in [0.05, 0.1) is 11.1 Å². The summed E-state index contributed by atoms with van der Waals surface area (Å²) in [4.78, 5) is 13.4. The monoisotopic (exact) mass is 576 g/mol. The number of carbonyl (C=O) groups excluding carboxylic acids is 1. The van der Waals surface area contributed by atoms with Gasteiger partial charge in [0.25, 0.3) is 5.91 Å². The molecule has 0 spiro atoms. The van der Waals surface area contributed by atoms with Crippen molar-refractivity contribution >= 4 is 11.6 Å². The molecule has 218 valence electrons. The number of carbonyl (C=O) groups is 1. The van der Waals surface area contributed by atoms with Crippen molar-refractivity contribution < 1.29 is 41.3 Å². The Bertz CT molecular complexity index is 1440. The number of benzene rings is 3. The van der Waals surface area contributed by atoms with Gasteiger partial charge in [-0.15, -0.1) is 0 Å². The number of aliphatic hydroxyl groups is 1. The molecule has 3 aromatic rings. The summed E-state index contributed by atoms with van der Waals surface area (Å²) in [6.07, 6.45) is -2.39. The molecule has 2 aliphatic carbocycles. The molecule has 3 aromatic carbocycles. The summed E-state index contributed by atoms with van der Waals surface area (Å²) in [5.41, 5.74) is -0.875. The molecule has 41 heavy (non-hydrogen) atoms. The normalized spacial score (nSPS) is 15.9. The molecule has 0 aliphatic heterocycles. The quantitative estimate of drug-likeness (QED) is 0.221. The van der Waals surface area contributed by atoms with E-state index < -0.39 is 40.9 Å². The van der Waals surface area contributed by atoms with Crippen LogP contribution >= 0.6 is 0 Å². The first-order valence-electron chi connectivity index (χ1n) is 13.3. The van der Waals surface area contributed by atoms with Crippen LogP contribution in [0.4, 0.5) is 27.6 Å². The van der Waals surface area contributed by atoms with Crippen LogP contribution < -0.4 is 20.1 Å². The van der Waals surface area contributed by atoms with E-state index in [0.29, 0.717) is 24.4 Å². The third kappa shape index (κ3) is 7.34. The molecule has 1 atom stereocenters. The maximum atomic E-state index is 14.4. The molecule has 5 rings (SSSR count). The van der Waals surface area contributed by atoms with Gasteiger partial charge in [0.2, 0.25) is 0 Å². The molecule has 3 N–H and O–H groups in total. The fourth-order valence-electron chi connectivity index (χ4n) is 4.41. The molecule has 1 amide bonds. The Morgan fingerprint density at radius 2 is 1.76 bits per heavy atom. The van der Waals surface area contributed by atoms with Gasteiger partial charge in [0.15, 0.2) is 11.6 Å². The van der Waals surface area contributed by atoms with Gasteiger partial charge < -0.3 is 25.2 Å². The summed E-state index contributed by atoms with van der Waals surface area (Å²) < 4.78 is 81.4. The van der Waals surface area contributed by atoms with Crippen LogP contribution in [0.2, 0.25) is 0 Å². The number of aliphatic hydroxyl groups excluding tert-OH is 1. The smallest absolute Gasteiger partial charge is 0.416 e. The number of ether oxygens (including phenoxy) is 2. The number of hydrogen-bond acceptors (Lipinski definition) is 5. The minimum Gasteiger partial charge on any atom is -0.488 e. The highest BCUT2D eigenvalue weighted by atomic mass is 19.4. The molecule has 11 heteroatoms. The summed E-state index contributed by atoms with van der Waals surface area (Å²) in [6.45, 7) is 1.64. The Morgan fingerprint density at radius 1 is 1.00 bits per heavy atom. The van der Waals surface area contributed by atoms with Crippen molar-refractivity contribution in [2.75, 3.05) is 18.5 Å². The average Bonchev–Trinajstić information content (AvgIpc) is 3.83. The highest BCUT2D eigenvalue weighted by molar-refractivity contribution is 6.06. The molecule has 0 saturated heterocycles. The van der Waals surface area contributed by atoms with Crippen LogP contribution in [0.3, 0.4) is 0 Å². The summed E-state index contributed by atoms with van der Waals surface area (Å²) in [6, 6.07) is 9.48. The van der Waals surface area contributed by atoms with Crippen LogP contribution in [0.5, 0.6) is 17.2 Å². The van der Waals surface area contributed by atoms with Gasteiger partial charge in [-0.05, 0) is 92.1 Å². The molecule has 2 aliphatic rings. The third-order valence-corrected chi connectivity index (χ3v) is 6.92. The molecule has 2 fully saturated rings. The number of alkyl halides is 3. The fourth-order valence-corrected chi connectivity index (χ4v) is 4.41. The van der Waals surface area contributed by atoms with E-state index in [-0.39, 0.29) is 47.6 Å². The molecular weight excluding hydrogens is 547 g/mol. The second-order valence-electron chi connectivity index (χ2n) is 10.5. The van der Waals surface area contributed by atoms with E-state index in [0.717, 1.165) is 31.0 Å². The minimum absolute atomic E-state index is 0.0241. The lowest BCUT2D eigenvalue weighted by Gasteiger charge is -2.19. The Hall–Kier alpha value is -3.70. The first kappa shape index (κ1) is 28.8. The Labute approximate surface area is 233 Å². The van der Waals surface area contributed by atoms with Crippen LogP contribution in [0.15, 0.2) is 48.5 Å². The van der Waals surface area contributed by atoms with E-state index in [1.807, 2.05) is 0 Å². The topological polar surface area (TPSA) is 79.8 Å². The molecule has 2 saturated carbocycles. The molecule has 0 aromatic heterocycles. The van der Waals surface area contributed by atoms with Gasteiger partial charge in [-0.3, -0.25) is 4.79 Å². The number of amides is 1. The summed E-state index contributed by atoms with van der Waals surface area (Å²) in [5.74, 6) is -2.70. The van der Waals surface area contributed by atoms with Crippen molar-refractivity contribution in [1.29, 1.82) is 0 Å². The minimum atomic E-state index is -4.72. The van der Waals surface area contributed by atoms with E-state index in [9.17, 15) is 31.9 Å². The number of nitrogens with one attached hydrogen (secondary N) is 2. The van der Waals surface area contributed by atoms with Crippen molar-refractivity contribution in [2.45, 2.75) is 56.8 Å². The predicted octanol–water partition coefficient (Wildman–Crippen LogP) is 6.71. The van der Waals surface area contributed by atoms with Gasteiger partial charge in [-0.2, -0.15) is 13.2 Å². The first-order chi connectivity index (χ1) is 19.5.